The lowest BCUT2D eigenvalue weighted by atomic mass is 9.96. The molecule has 0 fully saturated rings. The third-order valence-corrected chi connectivity index (χ3v) is 5.02. The van der Waals surface area contributed by atoms with Crippen LogP contribution in [0.1, 0.15) is 27.0 Å². The third kappa shape index (κ3) is 4.45. The molecule has 2 aromatic carbocycles. The maximum atomic E-state index is 14.3. The van der Waals surface area contributed by atoms with Gasteiger partial charge in [-0.15, -0.1) is 4.80 Å². The highest BCUT2D eigenvalue weighted by Gasteiger charge is 2.36. The van der Waals surface area contributed by atoms with Crippen molar-refractivity contribution in [3.8, 4) is 16.9 Å². The summed E-state index contributed by atoms with van der Waals surface area (Å²) >= 11 is 0. The van der Waals surface area contributed by atoms with Crippen molar-refractivity contribution >= 4 is 11.6 Å². The maximum absolute atomic E-state index is 14.3. The zero-order valence-corrected chi connectivity index (χ0v) is 17.5. The van der Waals surface area contributed by atoms with E-state index < -0.39 is 23.5 Å². The number of aryl methyl sites for hydroxylation is 2. The number of benzene rings is 2. The molecule has 0 aliphatic heterocycles. The first-order chi connectivity index (χ1) is 15.6. The van der Waals surface area contributed by atoms with E-state index in [4.69, 9.17) is 0 Å². The van der Waals surface area contributed by atoms with Gasteiger partial charge in [0, 0.05) is 11.1 Å². The molecule has 2 heterocycles. The standard InChI is InChI=1S/C23H17F4N5O/c1-13-4-3-5-19(24)20(13)15-6-7-17(14(2)10-15)22(33)31-16-11-18(23(25,26)27)21(28-12-16)32-29-8-9-30-32/h3-12H,1-2H3,(H,31,33). The van der Waals surface area contributed by atoms with Crippen molar-refractivity contribution in [3.05, 3.63) is 89.1 Å². The molecule has 0 unspecified atom stereocenters. The predicted molar refractivity (Wildman–Crippen MR) is 113 cm³/mol. The zero-order chi connectivity index (χ0) is 23.8. The Morgan fingerprint density at radius 1 is 1.00 bits per heavy atom. The smallest absolute Gasteiger partial charge is 0.321 e. The summed E-state index contributed by atoms with van der Waals surface area (Å²) in [6.45, 7) is 3.45. The van der Waals surface area contributed by atoms with Crippen molar-refractivity contribution < 1.29 is 22.4 Å². The number of carbonyl (C=O) groups is 1. The Bertz CT molecular complexity index is 1310. The van der Waals surface area contributed by atoms with Crippen LogP contribution in [0, 0.1) is 19.7 Å². The molecule has 0 aliphatic carbocycles. The highest BCUT2D eigenvalue weighted by molar-refractivity contribution is 6.05. The van der Waals surface area contributed by atoms with Crippen LogP contribution in [0.3, 0.4) is 0 Å². The van der Waals surface area contributed by atoms with Gasteiger partial charge in [0.15, 0.2) is 5.82 Å². The van der Waals surface area contributed by atoms with E-state index in [1.807, 2.05) is 0 Å². The molecule has 0 atom stereocenters. The van der Waals surface area contributed by atoms with E-state index in [2.05, 4.69) is 20.5 Å². The third-order valence-electron chi connectivity index (χ3n) is 5.02. The van der Waals surface area contributed by atoms with Gasteiger partial charge >= 0.3 is 6.18 Å². The van der Waals surface area contributed by atoms with Crippen molar-refractivity contribution in [3.63, 3.8) is 0 Å². The molecular weight excluding hydrogens is 438 g/mol. The largest absolute Gasteiger partial charge is 0.420 e. The summed E-state index contributed by atoms with van der Waals surface area (Å²) in [4.78, 5) is 17.3. The summed E-state index contributed by atoms with van der Waals surface area (Å²) in [7, 11) is 0. The minimum absolute atomic E-state index is 0.142. The quantitative estimate of drug-likeness (QED) is 0.421. The van der Waals surface area contributed by atoms with Crippen molar-refractivity contribution in [1.29, 1.82) is 0 Å². The minimum Gasteiger partial charge on any atom is -0.321 e. The number of aromatic nitrogens is 4. The zero-order valence-electron chi connectivity index (χ0n) is 17.5. The lowest BCUT2D eigenvalue weighted by Crippen LogP contribution is -2.17. The van der Waals surface area contributed by atoms with E-state index in [1.54, 1.807) is 38.1 Å². The van der Waals surface area contributed by atoms with Gasteiger partial charge in [-0.05, 0) is 48.7 Å². The number of nitrogens with zero attached hydrogens (tertiary/aromatic N) is 4. The first-order valence-corrected chi connectivity index (χ1v) is 9.76. The summed E-state index contributed by atoms with van der Waals surface area (Å²) in [5.74, 6) is -1.51. The molecule has 10 heteroatoms. The summed E-state index contributed by atoms with van der Waals surface area (Å²) in [5, 5.41) is 9.81. The lowest BCUT2D eigenvalue weighted by Gasteiger charge is -2.14. The lowest BCUT2D eigenvalue weighted by molar-refractivity contribution is -0.137. The molecule has 6 nitrogen and oxygen atoms in total. The number of alkyl halides is 3. The average Bonchev–Trinajstić information content (AvgIpc) is 3.28. The molecule has 4 aromatic rings. The van der Waals surface area contributed by atoms with E-state index in [0.717, 1.165) is 22.6 Å². The number of carbonyl (C=O) groups excluding carboxylic acids is 1. The van der Waals surface area contributed by atoms with E-state index in [0.29, 0.717) is 16.7 Å². The van der Waals surface area contributed by atoms with Crippen molar-refractivity contribution in [2.75, 3.05) is 5.32 Å². The van der Waals surface area contributed by atoms with Gasteiger partial charge < -0.3 is 5.32 Å². The van der Waals surface area contributed by atoms with Gasteiger partial charge in [0.2, 0.25) is 0 Å². The van der Waals surface area contributed by atoms with Crippen LogP contribution in [0.2, 0.25) is 0 Å². The van der Waals surface area contributed by atoms with Crippen molar-refractivity contribution in [2.45, 2.75) is 20.0 Å². The number of amides is 1. The normalized spacial score (nSPS) is 11.5. The van der Waals surface area contributed by atoms with E-state index >= 15 is 0 Å². The average molecular weight is 455 g/mol. The first kappa shape index (κ1) is 22.1. The molecule has 0 bridgehead atoms. The molecule has 1 amide bonds. The molecule has 4 rings (SSSR count). The van der Waals surface area contributed by atoms with Crippen molar-refractivity contribution in [2.24, 2.45) is 0 Å². The molecule has 33 heavy (non-hydrogen) atoms. The van der Waals surface area contributed by atoms with Crippen LogP contribution in [0.5, 0.6) is 0 Å². The maximum Gasteiger partial charge on any atom is 0.420 e. The number of anilines is 1. The first-order valence-electron chi connectivity index (χ1n) is 9.76. The Kier molecular flexibility index (Phi) is 5.67. The van der Waals surface area contributed by atoms with E-state index in [9.17, 15) is 22.4 Å². The van der Waals surface area contributed by atoms with E-state index in [1.165, 1.54) is 24.5 Å². The van der Waals surface area contributed by atoms with Crippen LogP contribution >= 0.6 is 0 Å². The number of halogens is 4. The number of pyridine rings is 1. The Morgan fingerprint density at radius 3 is 2.36 bits per heavy atom. The molecule has 0 saturated carbocycles. The minimum atomic E-state index is -4.74. The SMILES string of the molecule is Cc1cc(-c2c(C)cccc2F)ccc1C(=O)Nc1cnc(-n2nccn2)c(C(F)(F)F)c1. The topological polar surface area (TPSA) is 72.7 Å². The molecule has 0 saturated heterocycles. The molecule has 2 aromatic heterocycles. The van der Waals surface area contributed by atoms with Gasteiger partial charge in [0.1, 0.15) is 11.4 Å². The monoisotopic (exact) mass is 455 g/mol. The highest BCUT2D eigenvalue weighted by Crippen LogP contribution is 2.34. The Morgan fingerprint density at radius 2 is 1.73 bits per heavy atom. The van der Waals surface area contributed by atoms with Crippen LogP contribution in [-0.4, -0.2) is 25.9 Å². The van der Waals surface area contributed by atoms with Gasteiger partial charge in [0.05, 0.1) is 24.3 Å². The Labute approximate surface area is 185 Å². The van der Waals surface area contributed by atoms with Gasteiger partial charge in [-0.1, -0.05) is 24.3 Å². The van der Waals surface area contributed by atoms with Crippen LogP contribution in [0.25, 0.3) is 16.9 Å². The fraction of sp³-hybridized carbons (Fsp3) is 0.130. The Hall–Kier alpha value is -4.08. The van der Waals surface area contributed by atoms with Gasteiger partial charge in [-0.3, -0.25) is 4.79 Å². The molecule has 0 aliphatic rings. The predicted octanol–water partition coefficient (Wildman–Crippen LogP) is 5.36. The van der Waals surface area contributed by atoms with Crippen LogP contribution in [0.4, 0.5) is 23.2 Å². The van der Waals surface area contributed by atoms with Crippen LogP contribution < -0.4 is 5.32 Å². The number of nitrogens with one attached hydrogen (secondary N) is 1. The number of hydrogen-bond donors (Lipinski definition) is 1. The highest BCUT2D eigenvalue weighted by atomic mass is 19.4. The summed E-state index contributed by atoms with van der Waals surface area (Å²) < 4.78 is 55.0. The summed E-state index contributed by atoms with van der Waals surface area (Å²) in [6.07, 6.45) is -1.19. The fourth-order valence-corrected chi connectivity index (χ4v) is 3.49. The fourth-order valence-electron chi connectivity index (χ4n) is 3.49. The Balaban J connectivity index is 1.64. The molecule has 1 N–H and O–H groups in total. The second-order valence-corrected chi connectivity index (χ2v) is 7.33. The van der Waals surface area contributed by atoms with E-state index in [-0.39, 0.29) is 17.1 Å². The van der Waals surface area contributed by atoms with Crippen LogP contribution in [-0.2, 0) is 6.18 Å². The number of rotatable bonds is 4. The van der Waals surface area contributed by atoms with Gasteiger partial charge in [-0.25, -0.2) is 9.37 Å². The molecule has 0 radical (unpaired) electrons. The molecular formula is C23H17F4N5O. The van der Waals surface area contributed by atoms with Crippen LogP contribution in [0.15, 0.2) is 61.1 Å². The second-order valence-electron chi connectivity index (χ2n) is 7.33. The van der Waals surface area contributed by atoms with Gasteiger partial charge in [0.25, 0.3) is 5.91 Å². The van der Waals surface area contributed by atoms with Gasteiger partial charge in [-0.2, -0.15) is 23.4 Å². The molecule has 168 valence electrons. The van der Waals surface area contributed by atoms with Crippen molar-refractivity contribution in [1.82, 2.24) is 20.0 Å². The molecule has 0 spiro atoms. The number of hydrogen-bond acceptors (Lipinski definition) is 4. The second kappa shape index (κ2) is 8.45. The summed E-state index contributed by atoms with van der Waals surface area (Å²) in [6, 6.07) is 10.3. The summed E-state index contributed by atoms with van der Waals surface area (Å²) in [5.41, 5.74) is 1.29.